The normalized spacial score (nSPS) is 14.1. The zero-order chi connectivity index (χ0) is 16.2. The Balaban J connectivity index is 0.00000208. The Bertz CT molecular complexity index is 685. The molecular formula is C18H23ClN4O. The number of nitrogens with zero attached hydrogens (tertiary/aromatic N) is 3. The van der Waals surface area contributed by atoms with Crippen LogP contribution in [-0.4, -0.2) is 42.1 Å². The van der Waals surface area contributed by atoms with Crippen molar-refractivity contribution >= 4 is 29.9 Å². The fraction of sp³-hybridized carbons (Fsp3) is 0.333. The lowest BCUT2D eigenvalue weighted by Gasteiger charge is -2.36. The molecule has 0 radical (unpaired) electrons. The standard InChI is InChI=1S/C18H22N4O.ClH/c1-14-6-5-7-16(15(14)2)21-10-12-22(13-11-21)18(23)20-17-8-3-4-9-19-17;/h3-9H,10-13H2,1-2H3,(H,19,20,23);1H. The number of carbonyl (C=O) groups excluding carboxylic acids is 1. The number of anilines is 2. The van der Waals surface area contributed by atoms with Gasteiger partial charge < -0.3 is 9.80 Å². The van der Waals surface area contributed by atoms with Gasteiger partial charge in [0.2, 0.25) is 0 Å². The largest absolute Gasteiger partial charge is 0.368 e. The fourth-order valence-electron chi connectivity index (χ4n) is 2.85. The molecule has 1 saturated heterocycles. The minimum Gasteiger partial charge on any atom is -0.368 e. The molecule has 1 aliphatic heterocycles. The van der Waals surface area contributed by atoms with Gasteiger partial charge in [-0.3, -0.25) is 5.32 Å². The summed E-state index contributed by atoms with van der Waals surface area (Å²) >= 11 is 0. The molecule has 2 heterocycles. The fourth-order valence-corrected chi connectivity index (χ4v) is 2.85. The van der Waals surface area contributed by atoms with Gasteiger partial charge in [-0.25, -0.2) is 9.78 Å². The van der Waals surface area contributed by atoms with Crippen molar-refractivity contribution in [3.63, 3.8) is 0 Å². The maximum Gasteiger partial charge on any atom is 0.323 e. The molecule has 1 aliphatic rings. The van der Waals surface area contributed by atoms with Crippen molar-refractivity contribution in [3.05, 3.63) is 53.7 Å². The van der Waals surface area contributed by atoms with E-state index in [1.807, 2.05) is 17.0 Å². The van der Waals surface area contributed by atoms with Crippen LogP contribution in [0.2, 0.25) is 0 Å². The first-order valence-corrected chi connectivity index (χ1v) is 7.93. The first kappa shape index (κ1) is 18.1. The third kappa shape index (κ3) is 3.97. The molecule has 0 saturated carbocycles. The SMILES string of the molecule is Cc1cccc(N2CCN(C(=O)Nc3ccccn3)CC2)c1C.Cl. The summed E-state index contributed by atoms with van der Waals surface area (Å²) in [6.07, 6.45) is 1.67. The van der Waals surface area contributed by atoms with E-state index in [0.29, 0.717) is 18.9 Å². The summed E-state index contributed by atoms with van der Waals surface area (Å²) in [6, 6.07) is 11.8. The second kappa shape index (κ2) is 8.02. The van der Waals surface area contributed by atoms with Crippen LogP contribution in [0.15, 0.2) is 42.6 Å². The molecule has 3 rings (SSSR count). The van der Waals surface area contributed by atoms with E-state index in [1.54, 1.807) is 12.3 Å². The van der Waals surface area contributed by atoms with Crippen LogP contribution in [-0.2, 0) is 0 Å². The Morgan fingerprint density at radius 1 is 1.04 bits per heavy atom. The van der Waals surface area contributed by atoms with E-state index >= 15 is 0 Å². The van der Waals surface area contributed by atoms with Crippen molar-refractivity contribution in [1.82, 2.24) is 9.88 Å². The van der Waals surface area contributed by atoms with E-state index in [-0.39, 0.29) is 18.4 Å². The van der Waals surface area contributed by atoms with Gasteiger partial charge in [-0.15, -0.1) is 12.4 Å². The molecule has 0 unspecified atom stereocenters. The summed E-state index contributed by atoms with van der Waals surface area (Å²) in [5.41, 5.74) is 3.89. The average molecular weight is 347 g/mol. The smallest absolute Gasteiger partial charge is 0.323 e. The minimum absolute atomic E-state index is 0. The highest BCUT2D eigenvalue weighted by Gasteiger charge is 2.22. The van der Waals surface area contributed by atoms with Gasteiger partial charge in [0.1, 0.15) is 5.82 Å². The molecule has 2 amide bonds. The Morgan fingerprint density at radius 3 is 2.46 bits per heavy atom. The monoisotopic (exact) mass is 346 g/mol. The maximum absolute atomic E-state index is 12.3. The van der Waals surface area contributed by atoms with E-state index in [2.05, 4.69) is 47.2 Å². The van der Waals surface area contributed by atoms with Crippen LogP contribution in [0.5, 0.6) is 0 Å². The summed E-state index contributed by atoms with van der Waals surface area (Å²) < 4.78 is 0. The third-order valence-electron chi connectivity index (χ3n) is 4.38. The molecule has 5 nitrogen and oxygen atoms in total. The molecule has 1 aromatic heterocycles. The number of urea groups is 1. The molecule has 0 spiro atoms. The van der Waals surface area contributed by atoms with Gasteiger partial charge in [0.25, 0.3) is 0 Å². The number of benzene rings is 1. The Labute approximate surface area is 149 Å². The molecule has 0 atom stereocenters. The molecular weight excluding hydrogens is 324 g/mol. The molecule has 1 N–H and O–H groups in total. The quantitative estimate of drug-likeness (QED) is 0.905. The second-order valence-electron chi connectivity index (χ2n) is 5.84. The van der Waals surface area contributed by atoms with E-state index in [1.165, 1.54) is 16.8 Å². The van der Waals surface area contributed by atoms with Gasteiger partial charge in [0, 0.05) is 38.1 Å². The lowest BCUT2D eigenvalue weighted by atomic mass is 10.1. The van der Waals surface area contributed by atoms with E-state index in [9.17, 15) is 4.79 Å². The van der Waals surface area contributed by atoms with Gasteiger partial charge in [0.15, 0.2) is 0 Å². The van der Waals surface area contributed by atoms with Crippen LogP contribution in [0.3, 0.4) is 0 Å². The summed E-state index contributed by atoms with van der Waals surface area (Å²) in [5.74, 6) is 0.592. The Kier molecular flexibility index (Phi) is 6.04. The summed E-state index contributed by atoms with van der Waals surface area (Å²) in [4.78, 5) is 20.6. The minimum atomic E-state index is -0.0793. The zero-order valence-electron chi connectivity index (χ0n) is 14.0. The summed E-state index contributed by atoms with van der Waals surface area (Å²) in [6.45, 7) is 7.41. The van der Waals surface area contributed by atoms with Crippen LogP contribution in [0.25, 0.3) is 0 Å². The average Bonchev–Trinajstić information content (AvgIpc) is 2.58. The van der Waals surface area contributed by atoms with Crippen LogP contribution >= 0.6 is 12.4 Å². The number of amides is 2. The van der Waals surface area contributed by atoms with Crippen LogP contribution < -0.4 is 10.2 Å². The van der Waals surface area contributed by atoms with Gasteiger partial charge in [-0.2, -0.15) is 0 Å². The first-order chi connectivity index (χ1) is 11.1. The Morgan fingerprint density at radius 2 is 1.79 bits per heavy atom. The zero-order valence-corrected chi connectivity index (χ0v) is 14.8. The molecule has 24 heavy (non-hydrogen) atoms. The first-order valence-electron chi connectivity index (χ1n) is 7.93. The van der Waals surface area contributed by atoms with Crippen molar-refractivity contribution in [2.24, 2.45) is 0 Å². The van der Waals surface area contributed by atoms with Crippen LogP contribution in [0, 0.1) is 13.8 Å². The Hall–Kier alpha value is -2.27. The van der Waals surface area contributed by atoms with Gasteiger partial charge in [-0.05, 0) is 43.2 Å². The van der Waals surface area contributed by atoms with Crippen molar-refractivity contribution < 1.29 is 4.79 Å². The summed E-state index contributed by atoms with van der Waals surface area (Å²) in [7, 11) is 0. The second-order valence-corrected chi connectivity index (χ2v) is 5.84. The molecule has 1 fully saturated rings. The highest BCUT2D eigenvalue weighted by Crippen LogP contribution is 2.23. The number of nitrogens with one attached hydrogen (secondary N) is 1. The molecule has 2 aromatic rings. The number of hydrogen-bond acceptors (Lipinski definition) is 3. The third-order valence-corrected chi connectivity index (χ3v) is 4.38. The van der Waals surface area contributed by atoms with E-state index in [4.69, 9.17) is 0 Å². The van der Waals surface area contributed by atoms with Crippen LogP contribution in [0.1, 0.15) is 11.1 Å². The number of pyridine rings is 1. The maximum atomic E-state index is 12.3. The lowest BCUT2D eigenvalue weighted by molar-refractivity contribution is 0.208. The number of aromatic nitrogens is 1. The van der Waals surface area contributed by atoms with Crippen molar-refractivity contribution in [1.29, 1.82) is 0 Å². The lowest BCUT2D eigenvalue weighted by Crippen LogP contribution is -2.50. The number of rotatable bonds is 2. The van der Waals surface area contributed by atoms with Gasteiger partial charge in [-0.1, -0.05) is 18.2 Å². The topological polar surface area (TPSA) is 48.5 Å². The predicted molar refractivity (Wildman–Crippen MR) is 100 cm³/mol. The van der Waals surface area contributed by atoms with E-state index in [0.717, 1.165) is 13.1 Å². The highest BCUT2D eigenvalue weighted by atomic mass is 35.5. The van der Waals surface area contributed by atoms with Crippen molar-refractivity contribution in [2.45, 2.75) is 13.8 Å². The van der Waals surface area contributed by atoms with E-state index < -0.39 is 0 Å². The van der Waals surface area contributed by atoms with Crippen molar-refractivity contribution in [2.75, 3.05) is 36.4 Å². The molecule has 128 valence electrons. The summed E-state index contributed by atoms with van der Waals surface area (Å²) in [5, 5.41) is 2.84. The predicted octanol–water partition coefficient (Wildman–Crippen LogP) is 3.47. The molecule has 0 bridgehead atoms. The number of piperazine rings is 1. The molecule has 6 heteroatoms. The molecule has 1 aromatic carbocycles. The number of halogens is 1. The number of aryl methyl sites for hydroxylation is 1. The number of hydrogen-bond donors (Lipinski definition) is 1. The van der Waals surface area contributed by atoms with Gasteiger partial charge >= 0.3 is 6.03 Å². The number of carbonyl (C=O) groups is 1. The van der Waals surface area contributed by atoms with Crippen molar-refractivity contribution in [3.8, 4) is 0 Å². The van der Waals surface area contributed by atoms with Crippen LogP contribution in [0.4, 0.5) is 16.3 Å². The van der Waals surface area contributed by atoms with Gasteiger partial charge in [0.05, 0.1) is 0 Å². The molecule has 0 aliphatic carbocycles. The highest BCUT2D eigenvalue weighted by molar-refractivity contribution is 5.88.